The van der Waals surface area contributed by atoms with Gasteiger partial charge in [0.2, 0.25) is 0 Å². The summed E-state index contributed by atoms with van der Waals surface area (Å²) in [4.78, 5) is 0.625. The second kappa shape index (κ2) is 5.39. The smallest absolute Gasteiger partial charge is 0.370 e. The van der Waals surface area contributed by atoms with E-state index in [1.165, 1.54) is 11.3 Å². The number of alkyl halides is 4. The van der Waals surface area contributed by atoms with E-state index < -0.39 is 18.2 Å². The van der Waals surface area contributed by atoms with Crippen LogP contribution in [0.3, 0.4) is 0 Å². The summed E-state index contributed by atoms with van der Waals surface area (Å²) in [6.07, 6.45) is -4.32. The summed E-state index contributed by atoms with van der Waals surface area (Å²) in [7, 11) is 0. The molecule has 0 aromatic carbocycles. The fourth-order valence-electron chi connectivity index (χ4n) is 0.883. The lowest BCUT2D eigenvalue weighted by Crippen LogP contribution is -2.18. The highest BCUT2D eigenvalue weighted by Crippen LogP contribution is 2.33. The Balaban J connectivity index is 2.37. The van der Waals surface area contributed by atoms with Crippen molar-refractivity contribution in [1.82, 2.24) is 0 Å². The third-order valence-corrected chi connectivity index (χ3v) is 3.40. The summed E-state index contributed by atoms with van der Waals surface area (Å²) in [6, 6.07) is 1.64. The van der Waals surface area contributed by atoms with Crippen LogP contribution in [0.2, 0.25) is 5.02 Å². The third-order valence-electron chi connectivity index (χ3n) is 1.46. The number of rotatable bonds is 4. The first-order valence-electron chi connectivity index (χ1n) is 3.91. The normalized spacial score (nSPS) is 14.2. The topological polar surface area (TPSA) is 9.23 Å². The maximum Gasteiger partial charge on any atom is 0.411 e. The van der Waals surface area contributed by atoms with Crippen LogP contribution in [0.15, 0.2) is 11.4 Å². The Bertz CT molecular complexity index is 313. The van der Waals surface area contributed by atoms with E-state index in [1.807, 2.05) is 0 Å². The van der Waals surface area contributed by atoms with Crippen LogP contribution in [-0.2, 0) is 4.74 Å². The van der Waals surface area contributed by atoms with E-state index in [9.17, 15) is 13.2 Å². The molecule has 0 fully saturated rings. The molecule has 0 N–H and O–H groups in total. The molecule has 0 spiro atoms. The van der Waals surface area contributed by atoms with E-state index in [0.717, 1.165) is 0 Å². The molecule has 0 aliphatic heterocycles. The number of ether oxygens (including phenoxy) is 1. The molecule has 1 nitrogen and oxygen atoms in total. The molecule has 1 aromatic rings. The molecular formula is C8H7Cl2F3OS. The Morgan fingerprint density at radius 3 is 2.60 bits per heavy atom. The van der Waals surface area contributed by atoms with Crippen molar-refractivity contribution < 1.29 is 17.9 Å². The van der Waals surface area contributed by atoms with Gasteiger partial charge in [-0.05, 0) is 11.4 Å². The summed E-state index contributed by atoms with van der Waals surface area (Å²) in [6.45, 7) is -1.50. The van der Waals surface area contributed by atoms with E-state index in [0.29, 0.717) is 9.90 Å². The zero-order valence-corrected chi connectivity index (χ0v) is 9.68. The van der Waals surface area contributed by atoms with Gasteiger partial charge in [-0.25, -0.2) is 0 Å². The molecule has 1 heterocycles. The molecule has 0 bridgehead atoms. The molecule has 7 heteroatoms. The van der Waals surface area contributed by atoms with Crippen LogP contribution in [0, 0.1) is 0 Å². The molecule has 1 unspecified atom stereocenters. The van der Waals surface area contributed by atoms with Crippen LogP contribution < -0.4 is 0 Å². The minimum absolute atomic E-state index is 0.207. The van der Waals surface area contributed by atoms with E-state index in [2.05, 4.69) is 4.74 Å². The van der Waals surface area contributed by atoms with E-state index in [4.69, 9.17) is 23.2 Å². The van der Waals surface area contributed by atoms with Crippen LogP contribution in [0.25, 0.3) is 0 Å². The first-order valence-corrected chi connectivity index (χ1v) is 5.61. The highest BCUT2D eigenvalue weighted by molar-refractivity contribution is 7.11. The van der Waals surface area contributed by atoms with Gasteiger partial charge in [-0.2, -0.15) is 13.2 Å². The van der Waals surface area contributed by atoms with E-state index in [-0.39, 0.29) is 6.61 Å². The molecule has 0 aliphatic carbocycles. The van der Waals surface area contributed by atoms with Crippen molar-refractivity contribution in [3.05, 3.63) is 21.3 Å². The van der Waals surface area contributed by atoms with Gasteiger partial charge in [0.1, 0.15) is 6.61 Å². The summed E-state index contributed by atoms with van der Waals surface area (Å²) in [5.41, 5.74) is 0. The largest absolute Gasteiger partial charge is 0.411 e. The van der Waals surface area contributed by atoms with Crippen molar-refractivity contribution >= 4 is 34.5 Å². The second-order valence-corrected chi connectivity index (χ2v) is 4.61. The van der Waals surface area contributed by atoms with E-state index >= 15 is 0 Å². The Morgan fingerprint density at radius 1 is 1.47 bits per heavy atom. The number of thiophene rings is 1. The van der Waals surface area contributed by atoms with Crippen LogP contribution in [0.4, 0.5) is 13.2 Å². The molecule has 0 amide bonds. The molecule has 0 radical (unpaired) electrons. The van der Waals surface area contributed by atoms with Crippen molar-refractivity contribution in [3.8, 4) is 0 Å². The Hall–Kier alpha value is 0.0300. The lowest BCUT2D eigenvalue weighted by Gasteiger charge is -2.10. The molecular weight excluding hydrogens is 272 g/mol. The predicted molar refractivity (Wildman–Crippen MR) is 54.8 cm³/mol. The molecule has 0 saturated carbocycles. The van der Waals surface area contributed by atoms with Gasteiger partial charge >= 0.3 is 6.18 Å². The molecule has 1 atom stereocenters. The number of hydrogen-bond acceptors (Lipinski definition) is 2. The fourth-order valence-corrected chi connectivity index (χ4v) is 2.45. The van der Waals surface area contributed by atoms with Crippen molar-refractivity contribution in [2.75, 3.05) is 13.2 Å². The molecule has 1 aromatic heterocycles. The van der Waals surface area contributed by atoms with Crippen molar-refractivity contribution in [3.63, 3.8) is 0 Å². The van der Waals surface area contributed by atoms with Gasteiger partial charge < -0.3 is 4.74 Å². The predicted octanol–water partition coefficient (Wildman–Crippen LogP) is 4.26. The van der Waals surface area contributed by atoms with Crippen LogP contribution in [0.1, 0.15) is 10.3 Å². The second-order valence-electron chi connectivity index (χ2n) is 2.73. The minimum Gasteiger partial charge on any atom is -0.370 e. The lowest BCUT2D eigenvalue weighted by atomic mass is 10.3. The average molecular weight is 279 g/mol. The van der Waals surface area contributed by atoms with E-state index in [1.54, 1.807) is 11.4 Å². The van der Waals surface area contributed by atoms with Crippen LogP contribution in [-0.4, -0.2) is 19.4 Å². The summed E-state index contributed by atoms with van der Waals surface area (Å²) in [5.74, 6) is 0. The maximum atomic E-state index is 11.7. The molecule has 0 aliphatic rings. The summed E-state index contributed by atoms with van der Waals surface area (Å²) in [5, 5.41) is 1.53. The maximum absolute atomic E-state index is 11.7. The zero-order valence-electron chi connectivity index (χ0n) is 7.35. The van der Waals surface area contributed by atoms with Gasteiger partial charge in [0.05, 0.1) is 17.0 Å². The first kappa shape index (κ1) is 13.1. The number of halogens is 5. The van der Waals surface area contributed by atoms with Gasteiger partial charge in [0.25, 0.3) is 0 Å². The minimum atomic E-state index is -4.32. The Morgan fingerprint density at radius 2 is 2.13 bits per heavy atom. The van der Waals surface area contributed by atoms with Crippen molar-refractivity contribution in [2.45, 2.75) is 11.6 Å². The molecule has 0 saturated heterocycles. The standard InChI is InChI=1S/C8H7Cl2F3OS/c9-5-1-2-15-7(5)6(10)3-14-4-8(11,12)13/h1-2,6H,3-4H2. The molecule has 1 rings (SSSR count). The van der Waals surface area contributed by atoms with Crippen LogP contribution >= 0.6 is 34.5 Å². The fraction of sp³-hybridized carbons (Fsp3) is 0.500. The molecule has 86 valence electrons. The quantitative estimate of drug-likeness (QED) is 0.748. The van der Waals surface area contributed by atoms with Crippen molar-refractivity contribution in [1.29, 1.82) is 0 Å². The van der Waals surface area contributed by atoms with Crippen molar-refractivity contribution in [2.24, 2.45) is 0 Å². The zero-order chi connectivity index (χ0) is 11.5. The van der Waals surface area contributed by atoms with Crippen LogP contribution in [0.5, 0.6) is 0 Å². The highest BCUT2D eigenvalue weighted by atomic mass is 35.5. The summed E-state index contributed by atoms with van der Waals surface area (Å²) < 4.78 is 39.6. The Kier molecular flexibility index (Phi) is 4.70. The first-order chi connectivity index (χ1) is 6.90. The Labute approximate surface area is 98.7 Å². The molecule has 15 heavy (non-hydrogen) atoms. The van der Waals surface area contributed by atoms with Gasteiger partial charge in [0, 0.05) is 4.88 Å². The monoisotopic (exact) mass is 278 g/mol. The highest BCUT2D eigenvalue weighted by Gasteiger charge is 2.28. The van der Waals surface area contributed by atoms with Gasteiger partial charge in [-0.3, -0.25) is 0 Å². The van der Waals surface area contributed by atoms with Gasteiger partial charge in [-0.1, -0.05) is 11.6 Å². The lowest BCUT2D eigenvalue weighted by molar-refractivity contribution is -0.173. The third kappa shape index (κ3) is 4.59. The van der Waals surface area contributed by atoms with Gasteiger partial charge in [0.15, 0.2) is 0 Å². The SMILES string of the molecule is FC(F)(F)COCC(Cl)c1sccc1Cl. The summed E-state index contributed by atoms with van der Waals surface area (Å²) >= 11 is 12.9. The number of hydrogen-bond donors (Lipinski definition) is 0. The van der Waals surface area contributed by atoms with Gasteiger partial charge in [-0.15, -0.1) is 22.9 Å². The average Bonchev–Trinajstić information content (AvgIpc) is 2.48.